The highest BCUT2D eigenvalue weighted by molar-refractivity contribution is 6.29. The van der Waals surface area contributed by atoms with Gasteiger partial charge in [-0.05, 0) is 13.3 Å². The van der Waals surface area contributed by atoms with E-state index in [1.165, 1.54) is 6.33 Å². The standard InChI is InChI=1S/C12H16ClN5O/c1-3-9-6-19-8(2)5-17(9)11-4-10(13)16-12-14-7-15-18(11)12/h4,7-9H,3,5-6H2,1-2H3. The number of rotatable bonds is 2. The second-order valence-corrected chi connectivity index (χ2v) is 5.15. The van der Waals surface area contributed by atoms with Crippen LogP contribution in [0.25, 0.3) is 5.78 Å². The lowest BCUT2D eigenvalue weighted by Crippen LogP contribution is -2.49. The summed E-state index contributed by atoms with van der Waals surface area (Å²) in [6.45, 7) is 5.75. The maximum atomic E-state index is 6.08. The summed E-state index contributed by atoms with van der Waals surface area (Å²) < 4.78 is 7.45. The van der Waals surface area contributed by atoms with Gasteiger partial charge in [0.25, 0.3) is 5.78 Å². The highest BCUT2D eigenvalue weighted by Crippen LogP contribution is 2.25. The van der Waals surface area contributed by atoms with Crippen molar-refractivity contribution in [2.45, 2.75) is 32.4 Å². The van der Waals surface area contributed by atoms with Gasteiger partial charge in [-0.15, -0.1) is 0 Å². The first kappa shape index (κ1) is 12.6. The molecule has 0 N–H and O–H groups in total. The van der Waals surface area contributed by atoms with Gasteiger partial charge < -0.3 is 9.64 Å². The predicted octanol–water partition coefficient (Wildman–Crippen LogP) is 1.78. The SMILES string of the molecule is CCC1COC(C)CN1c1cc(Cl)nc2ncnn12. The Morgan fingerprint density at radius 2 is 2.37 bits per heavy atom. The molecule has 1 aliphatic heterocycles. The van der Waals surface area contributed by atoms with Crippen LogP contribution in [0.4, 0.5) is 5.82 Å². The topological polar surface area (TPSA) is 55.5 Å². The molecular formula is C12H16ClN5O. The van der Waals surface area contributed by atoms with E-state index in [2.05, 4.69) is 33.8 Å². The Labute approximate surface area is 116 Å². The van der Waals surface area contributed by atoms with E-state index < -0.39 is 0 Å². The molecule has 7 heteroatoms. The fraction of sp³-hybridized carbons (Fsp3) is 0.583. The van der Waals surface area contributed by atoms with E-state index in [0.717, 1.165) is 18.8 Å². The number of morpholine rings is 1. The highest BCUT2D eigenvalue weighted by atomic mass is 35.5. The number of halogens is 1. The fourth-order valence-electron chi connectivity index (χ4n) is 2.44. The monoisotopic (exact) mass is 281 g/mol. The van der Waals surface area contributed by atoms with Crippen molar-refractivity contribution in [1.29, 1.82) is 0 Å². The zero-order valence-corrected chi connectivity index (χ0v) is 11.7. The van der Waals surface area contributed by atoms with E-state index >= 15 is 0 Å². The molecule has 0 spiro atoms. The predicted molar refractivity (Wildman–Crippen MR) is 72.6 cm³/mol. The van der Waals surface area contributed by atoms with Crippen LogP contribution in [0, 0.1) is 0 Å². The van der Waals surface area contributed by atoms with Gasteiger partial charge >= 0.3 is 0 Å². The largest absolute Gasteiger partial charge is 0.375 e. The third kappa shape index (κ3) is 2.26. The van der Waals surface area contributed by atoms with Crippen LogP contribution < -0.4 is 4.90 Å². The molecule has 0 radical (unpaired) electrons. The Kier molecular flexibility index (Phi) is 3.28. The summed E-state index contributed by atoms with van der Waals surface area (Å²) in [5.41, 5.74) is 0. The number of hydrogen-bond acceptors (Lipinski definition) is 5. The Bertz CT molecular complexity index is 587. The molecule has 0 aromatic carbocycles. The van der Waals surface area contributed by atoms with E-state index in [1.807, 2.05) is 6.07 Å². The van der Waals surface area contributed by atoms with Gasteiger partial charge in [0.15, 0.2) is 0 Å². The number of nitrogens with zero attached hydrogens (tertiary/aromatic N) is 5. The second kappa shape index (κ2) is 4.94. The van der Waals surface area contributed by atoms with Crippen LogP contribution in [0.5, 0.6) is 0 Å². The Hall–Kier alpha value is -1.40. The third-order valence-electron chi connectivity index (χ3n) is 3.44. The minimum absolute atomic E-state index is 0.188. The third-order valence-corrected chi connectivity index (χ3v) is 3.63. The molecule has 3 heterocycles. The molecule has 0 bridgehead atoms. The van der Waals surface area contributed by atoms with Crippen molar-refractivity contribution in [3.05, 3.63) is 17.5 Å². The maximum Gasteiger partial charge on any atom is 0.255 e. The normalized spacial score (nSPS) is 24.1. The minimum atomic E-state index is 0.188. The summed E-state index contributed by atoms with van der Waals surface area (Å²) in [4.78, 5) is 10.5. The smallest absolute Gasteiger partial charge is 0.255 e. The van der Waals surface area contributed by atoms with E-state index in [0.29, 0.717) is 23.6 Å². The summed E-state index contributed by atoms with van der Waals surface area (Å²) in [7, 11) is 0. The second-order valence-electron chi connectivity index (χ2n) is 4.77. The quantitative estimate of drug-likeness (QED) is 0.786. The van der Waals surface area contributed by atoms with Crippen LogP contribution in [0.15, 0.2) is 12.4 Å². The van der Waals surface area contributed by atoms with Gasteiger partial charge in [0.2, 0.25) is 0 Å². The molecule has 2 unspecified atom stereocenters. The van der Waals surface area contributed by atoms with Gasteiger partial charge in [-0.3, -0.25) is 0 Å². The average Bonchev–Trinajstić information content (AvgIpc) is 2.85. The van der Waals surface area contributed by atoms with Crippen molar-refractivity contribution in [3.63, 3.8) is 0 Å². The van der Waals surface area contributed by atoms with E-state index in [9.17, 15) is 0 Å². The summed E-state index contributed by atoms with van der Waals surface area (Å²) in [6.07, 6.45) is 2.68. The molecule has 19 heavy (non-hydrogen) atoms. The van der Waals surface area contributed by atoms with Crippen LogP contribution >= 0.6 is 11.6 Å². The van der Waals surface area contributed by atoms with Crippen LogP contribution in [-0.4, -0.2) is 44.9 Å². The molecule has 1 saturated heterocycles. The number of aromatic nitrogens is 4. The van der Waals surface area contributed by atoms with Crippen molar-refractivity contribution in [3.8, 4) is 0 Å². The summed E-state index contributed by atoms with van der Waals surface area (Å²) >= 11 is 6.08. The molecular weight excluding hydrogens is 266 g/mol. The number of fused-ring (bicyclic) bond motifs is 1. The zero-order chi connectivity index (χ0) is 13.4. The minimum Gasteiger partial charge on any atom is -0.375 e. The van der Waals surface area contributed by atoms with Gasteiger partial charge in [0, 0.05) is 12.6 Å². The summed E-state index contributed by atoms with van der Waals surface area (Å²) in [6, 6.07) is 2.16. The Morgan fingerprint density at radius 3 is 3.16 bits per heavy atom. The molecule has 6 nitrogen and oxygen atoms in total. The number of ether oxygens (including phenoxy) is 1. The number of hydrogen-bond donors (Lipinski definition) is 0. The lowest BCUT2D eigenvalue weighted by atomic mass is 10.1. The fourth-order valence-corrected chi connectivity index (χ4v) is 2.61. The maximum absolute atomic E-state index is 6.08. The molecule has 2 aromatic rings. The molecule has 3 rings (SSSR count). The Morgan fingerprint density at radius 1 is 1.53 bits per heavy atom. The van der Waals surface area contributed by atoms with Crippen LogP contribution in [0.2, 0.25) is 5.15 Å². The van der Waals surface area contributed by atoms with Gasteiger partial charge in [0.05, 0.1) is 18.8 Å². The van der Waals surface area contributed by atoms with E-state index in [-0.39, 0.29) is 6.10 Å². The first-order valence-electron chi connectivity index (χ1n) is 6.43. The molecule has 2 atom stereocenters. The first-order valence-corrected chi connectivity index (χ1v) is 6.81. The van der Waals surface area contributed by atoms with Crippen molar-refractivity contribution in [2.24, 2.45) is 0 Å². The van der Waals surface area contributed by atoms with Crippen molar-refractivity contribution >= 4 is 23.2 Å². The molecule has 0 saturated carbocycles. The Balaban J connectivity index is 2.08. The lowest BCUT2D eigenvalue weighted by Gasteiger charge is -2.39. The van der Waals surface area contributed by atoms with Gasteiger partial charge in [0.1, 0.15) is 17.3 Å². The molecule has 102 valence electrons. The zero-order valence-electron chi connectivity index (χ0n) is 11.0. The van der Waals surface area contributed by atoms with Crippen LogP contribution in [0.1, 0.15) is 20.3 Å². The van der Waals surface area contributed by atoms with E-state index in [1.54, 1.807) is 4.52 Å². The molecule has 1 fully saturated rings. The average molecular weight is 282 g/mol. The van der Waals surface area contributed by atoms with Crippen molar-refractivity contribution < 1.29 is 4.74 Å². The van der Waals surface area contributed by atoms with Gasteiger partial charge in [-0.25, -0.2) is 0 Å². The van der Waals surface area contributed by atoms with Crippen molar-refractivity contribution in [1.82, 2.24) is 19.6 Å². The molecule has 1 aliphatic rings. The van der Waals surface area contributed by atoms with Gasteiger partial charge in [-0.1, -0.05) is 18.5 Å². The van der Waals surface area contributed by atoms with Crippen molar-refractivity contribution in [2.75, 3.05) is 18.1 Å². The van der Waals surface area contributed by atoms with E-state index in [4.69, 9.17) is 16.3 Å². The van der Waals surface area contributed by atoms with Crippen LogP contribution in [0.3, 0.4) is 0 Å². The molecule has 0 aliphatic carbocycles. The lowest BCUT2D eigenvalue weighted by molar-refractivity contribution is 0.0294. The first-order chi connectivity index (χ1) is 9.19. The number of anilines is 1. The highest BCUT2D eigenvalue weighted by Gasteiger charge is 2.28. The molecule has 0 amide bonds. The van der Waals surface area contributed by atoms with Crippen LogP contribution in [-0.2, 0) is 4.74 Å². The summed E-state index contributed by atoms with van der Waals surface area (Å²) in [5, 5.41) is 4.67. The van der Waals surface area contributed by atoms with Gasteiger partial charge in [-0.2, -0.15) is 19.6 Å². The molecule has 2 aromatic heterocycles. The summed E-state index contributed by atoms with van der Waals surface area (Å²) in [5.74, 6) is 1.45.